The van der Waals surface area contributed by atoms with E-state index < -0.39 is 0 Å². The van der Waals surface area contributed by atoms with Crippen molar-refractivity contribution in [2.75, 3.05) is 0 Å². The Kier molecular flexibility index (Phi) is 5.89. The number of hydrogen-bond acceptors (Lipinski definition) is 2. The van der Waals surface area contributed by atoms with Gasteiger partial charge in [0.2, 0.25) is 5.91 Å². The zero-order chi connectivity index (χ0) is 21.9. The summed E-state index contributed by atoms with van der Waals surface area (Å²) in [6, 6.07) is 17.2. The highest BCUT2D eigenvalue weighted by Crippen LogP contribution is 2.32. The van der Waals surface area contributed by atoms with E-state index in [1.165, 1.54) is 25.3 Å². The molecule has 0 aliphatic heterocycles. The average molecular weight is 430 g/mol. The van der Waals surface area contributed by atoms with E-state index in [0.717, 1.165) is 51.6 Å². The number of hydrogen-bond donors (Lipinski definition) is 2. The monoisotopic (exact) mass is 429 g/mol. The summed E-state index contributed by atoms with van der Waals surface area (Å²) < 4.78 is 14.1. The van der Waals surface area contributed by atoms with E-state index in [-0.39, 0.29) is 11.7 Å². The predicted molar refractivity (Wildman–Crippen MR) is 127 cm³/mol. The van der Waals surface area contributed by atoms with Gasteiger partial charge in [-0.3, -0.25) is 4.79 Å². The van der Waals surface area contributed by atoms with Gasteiger partial charge < -0.3 is 10.3 Å². The number of nitrogens with zero attached hydrogens (tertiary/aromatic N) is 1. The molecule has 0 radical (unpaired) electrons. The molecule has 0 atom stereocenters. The van der Waals surface area contributed by atoms with Crippen LogP contribution in [0.5, 0.6) is 0 Å². The quantitative estimate of drug-likeness (QED) is 0.378. The number of H-pyrrole nitrogens is 1. The van der Waals surface area contributed by atoms with E-state index in [1.54, 1.807) is 12.1 Å². The van der Waals surface area contributed by atoms with Gasteiger partial charge >= 0.3 is 0 Å². The highest BCUT2D eigenvalue weighted by molar-refractivity contribution is 5.91. The van der Waals surface area contributed by atoms with Crippen molar-refractivity contribution < 1.29 is 9.18 Å². The van der Waals surface area contributed by atoms with Gasteiger partial charge in [-0.2, -0.15) is 0 Å². The highest BCUT2D eigenvalue weighted by Gasteiger charge is 2.18. The fraction of sp³-hybridized carbons (Fsp3) is 0.333. The number of aryl methyl sites for hydroxylation is 1. The first-order valence-corrected chi connectivity index (χ1v) is 11.6. The van der Waals surface area contributed by atoms with Gasteiger partial charge in [0.05, 0.1) is 16.9 Å². The van der Waals surface area contributed by atoms with Gasteiger partial charge in [0.1, 0.15) is 5.82 Å². The molecule has 5 rings (SSSR count). The number of halogens is 1. The van der Waals surface area contributed by atoms with Crippen molar-refractivity contribution in [2.24, 2.45) is 0 Å². The van der Waals surface area contributed by atoms with Crippen LogP contribution in [0.25, 0.3) is 33.2 Å². The van der Waals surface area contributed by atoms with Gasteiger partial charge in [-0.05, 0) is 61.6 Å². The minimum absolute atomic E-state index is 0.119. The van der Waals surface area contributed by atoms with Crippen LogP contribution >= 0.6 is 0 Å². The molecule has 5 heteroatoms. The molecule has 0 unspecified atom stereocenters. The van der Waals surface area contributed by atoms with Crippen molar-refractivity contribution in [3.63, 3.8) is 0 Å². The number of amides is 1. The Morgan fingerprint density at radius 1 is 1.06 bits per heavy atom. The first kappa shape index (κ1) is 20.7. The Morgan fingerprint density at radius 2 is 1.91 bits per heavy atom. The lowest BCUT2D eigenvalue weighted by Gasteiger charge is -2.22. The fourth-order valence-electron chi connectivity index (χ4n) is 4.88. The number of rotatable bonds is 6. The molecule has 164 valence electrons. The number of pyridine rings is 1. The molecule has 1 amide bonds. The Bertz CT molecular complexity index is 1260. The maximum absolute atomic E-state index is 14.1. The second kappa shape index (κ2) is 9.11. The number of nitrogens with one attached hydrogen (secondary N) is 2. The first-order valence-electron chi connectivity index (χ1n) is 11.6. The van der Waals surface area contributed by atoms with E-state index in [2.05, 4.69) is 16.4 Å². The topological polar surface area (TPSA) is 57.8 Å². The van der Waals surface area contributed by atoms with Crippen molar-refractivity contribution in [3.05, 3.63) is 66.0 Å². The number of aromatic amines is 1. The largest absolute Gasteiger partial charge is 0.353 e. The number of fused-ring (bicyclic) bond motifs is 2. The van der Waals surface area contributed by atoms with Crippen molar-refractivity contribution in [3.8, 4) is 11.4 Å². The standard InChI is InChI=1S/C27H28FN3O/c28-19-14-16-24-22(17-19)21(10-6-12-26(32)29-20-8-2-1-3-9-20)27(31-24)25-15-13-18-7-4-5-11-23(18)30-25/h4-5,7,11,13-17,20,31H,1-3,6,8-10,12H2,(H,29,32). The lowest BCUT2D eigenvalue weighted by atomic mass is 9.95. The van der Waals surface area contributed by atoms with Crippen LogP contribution in [-0.4, -0.2) is 21.9 Å². The molecule has 2 aromatic heterocycles. The van der Waals surface area contributed by atoms with Crippen molar-refractivity contribution in [1.29, 1.82) is 0 Å². The van der Waals surface area contributed by atoms with E-state index in [1.807, 2.05) is 30.3 Å². The number of benzene rings is 2. The molecule has 1 aliphatic rings. The lowest BCUT2D eigenvalue weighted by Crippen LogP contribution is -2.36. The van der Waals surface area contributed by atoms with Crippen molar-refractivity contribution >= 4 is 27.7 Å². The maximum Gasteiger partial charge on any atom is 0.220 e. The molecule has 0 saturated heterocycles. The average Bonchev–Trinajstić information content (AvgIpc) is 3.17. The molecule has 1 fully saturated rings. The van der Waals surface area contributed by atoms with E-state index in [4.69, 9.17) is 4.98 Å². The van der Waals surface area contributed by atoms with Gasteiger partial charge in [-0.1, -0.05) is 43.5 Å². The molecule has 32 heavy (non-hydrogen) atoms. The van der Waals surface area contributed by atoms with Gasteiger partial charge in [0, 0.05) is 28.8 Å². The molecule has 0 spiro atoms. The minimum Gasteiger partial charge on any atom is -0.353 e. The summed E-state index contributed by atoms with van der Waals surface area (Å²) in [6.07, 6.45) is 7.73. The van der Waals surface area contributed by atoms with Crippen molar-refractivity contribution in [2.45, 2.75) is 57.4 Å². The second-order valence-electron chi connectivity index (χ2n) is 8.81. The van der Waals surface area contributed by atoms with Crippen LogP contribution in [0.3, 0.4) is 0 Å². The Balaban J connectivity index is 1.39. The molecular formula is C27H28FN3O. The number of carbonyl (C=O) groups is 1. The summed E-state index contributed by atoms with van der Waals surface area (Å²) in [6.45, 7) is 0. The van der Waals surface area contributed by atoms with Crippen LogP contribution in [0.2, 0.25) is 0 Å². The van der Waals surface area contributed by atoms with Gasteiger partial charge in [0.15, 0.2) is 0 Å². The first-order chi connectivity index (χ1) is 15.7. The Hall–Kier alpha value is -3.21. The van der Waals surface area contributed by atoms with Crippen LogP contribution in [0.15, 0.2) is 54.6 Å². The number of aromatic nitrogens is 2. The second-order valence-corrected chi connectivity index (χ2v) is 8.81. The Labute approximate surface area is 187 Å². The number of carbonyl (C=O) groups excluding carboxylic acids is 1. The molecule has 4 aromatic rings. The molecule has 0 bridgehead atoms. The summed E-state index contributed by atoms with van der Waals surface area (Å²) in [5.41, 5.74) is 4.57. The van der Waals surface area contributed by atoms with Crippen molar-refractivity contribution in [1.82, 2.24) is 15.3 Å². The fourth-order valence-corrected chi connectivity index (χ4v) is 4.88. The summed E-state index contributed by atoms with van der Waals surface area (Å²) in [4.78, 5) is 20.8. The van der Waals surface area contributed by atoms with Crippen LogP contribution in [-0.2, 0) is 11.2 Å². The van der Waals surface area contributed by atoms with E-state index in [0.29, 0.717) is 25.3 Å². The maximum atomic E-state index is 14.1. The zero-order valence-electron chi connectivity index (χ0n) is 18.2. The SMILES string of the molecule is O=C(CCCc1c(-c2ccc3ccccc3n2)[nH]c2ccc(F)cc12)NC1CCCCC1. The van der Waals surface area contributed by atoms with Crippen LogP contribution in [0, 0.1) is 5.82 Å². The third-order valence-corrected chi connectivity index (χ3v) is 6.52. The van der Waals surface area contributed by atoms with Crippen LogP contribution < -0.4 is 5.32 Å². The molecule has 1 saturated carbocycles. The molecule has 2 heterocycles. The minimum atomic E-state index is -0.259. The third-order valence-electron chi connectivity index (χ3n) is 6.52. The predicted octanol–water partition coefficient (Wildman–Crippen LogP) is 6.29. The molecule has 4 nitrogen and oxygen atoms in total. The van der Waals surface area contributed by atoms with Gasteiger partial charge in [-0.25, -0.2) is 9.37 Å². The lowest BCUT2D eigenvalue weighted by molar-refractivity contribution is -0.122. The summed E-state index contributed by atoms with van der Waals surface area (Å²) in [7, 11) is 0. The molecule has 2 N–H and O–H groups in total. The smallest absolute Gasteiger partial charge is 0.220 e. The summed E-state index contributed by atoms with van der Waals surface area (Å²) >= 11 is 0. The molecule has 1 aliphatic carbocycles. The van der Waals surface area contributed by atoms with Crippen LogP contribution in [0.4, 0.5) is 4.39 Å². The van der Waals surface area contributed by atoms with Crippen LogP contribution in [0.1, 0.15) is 50.5 Å². The normalized spacial score (nSPS) is 14.8. The Morgan fingerprint density at radius 3 is 2.78 bits per heavy atom. The number of para-hydroxylation sites is 1. The molecule has 2 aromatic carbocycles. The van der Waals surface area contributed by atoms with E-state index in [9.17, 15) is 9.18 Å². The highest BCUT2D eigenvalue weighted by atomic mass is 19.1. The zero-order valence-corrected chi connectivity index (χ0v) is 18.2. The third kappa shape index (κ3) is 4.38. The van der Waals surface area contributed by atoms with Gasteiger partial charge in [0.25, 0.3) is 0 Å². The van der Waals surface area contributed by atoms with E-state index >= 15 is 0 Å². The molecular weight excluding hydrogens is 401 g/mol. The van der Waals surface area contributed by atoms with Gasteiger partial charge in [-0.15, -0.1) is 0 Å². The summed E-state index contributed by atoms with van der Waals surface area (Å²) in [5.74, 6) is -0.140. The summed E-state index contributed by atoms with van der Waals surface area (Å²) in [5, 5.41) is 5.14.